The first-order valence-electron chi connectivity index (χ1n) is 6.57. The molecule has 114 valence electrons. The Bertz CT molecular complexity index is 282. The molecule has 0 heterocycles. The van der Waals surface area contributed by atoms with Crippen molar-refractivity contribution in [2.24, 2.45) is 10.9 Å². The number of guanidine groups is 1. The van der Waals surface area contributed by atoms with Crippen LogP contribution in [0.4, 0.5) is 13.2 Å². The monoisotopic (exact) mass is 393 g/mol. The van der Waals surface area contributed by atoms with Crippen LogP contribution >= 0.6 is 24.0 Å². The SMILES string of the molecule is CCCC1CC1NC(=NCCC(F)(F)F)NCC.I. The number of hydrogen-bond acceptors (Lipinski definition) is 1. The summed E-state index contributed by atoms with van der Waals surface area (Å²) in [6.45, 7) is 4.47. The predicted octanol–water partition coefficient (Wildman–Crippen LogP) is 3.30. The lowest BCUT2D eigenvalue weighted by molar-refractivity contribution is -0.132. The van der Waals surface area contributed by atoms with E-state index in [9.17, 15) is 13.2 Å². The average Bonchev–Trinajstić information content (AvgIpc) is 2.95. The van der Waals surface area contributed by atoms with Gasteiger partial charge in [0.15, 0.2) is 5.96 Å². The number of rotatable bonds is 6. The number of nitrogens with one attached hydrogen (secondary N) is 2. The van der Waals surface area contributed by atoms with E-state index in [-0.39, 0.29) is 30.5 Å². The van der Waals surface area contributed by atoms with Crippen molar-refractivity contribution in [3.63, 3.8) is 0 Å². The van der Waals surface area contributed by atoms with E-state index in [0.29, 0.717) is 24.5 Å². The Morgan fingerprint density at radius 1 is 1.32 bits per heavy atom. The molecule has 1 aliphatic rings. The van der Waals surface area contributed by atoms with Crippen LogP contribution in [0.25, 0.3) is 0 Å². The summed E-state index contributed by atoms with van der Waals surface area (Å²) in [4.78, 5) is 3.95. The highest BCUT2D eigenvalue weighted by Gasteiger charge is 2.36. The summed E-state index contributed by atoms with van der Waals surface area (Å²) in [5.41, 5.74) is 0. The van der Waals surface area contributed by atoms with Crippen molar-refractivity contribution in [3.05, 3.63) is 0 Å². The van der Waals surface area contributed by atoms with Crippen LogP contribution in [-0.2, 0) is 0 Å². The zero-order valence-electron chi connectivity index (χ0n) is 11.4. The van der Waals surface area contributed by atoms with Crippen molar-refractivity contribution < 1.29 is 13.2 Å². The van der Waals surface area contributed by atoms with E-state index in [0.717, 1.165) is 12.8 Å². The van der Waals surface area contributed by atoms with Gasteiger partial charge in [-0.15, -0.1) is 24.0 Å². The molecule has 0 radical (unpaired) electrons. The molecule has 0 aromatic carbocycles. The summed E-state index contributed by atoms with van der Waals surface area (Å²) in [6.07, 6.45) is -1.60. The molecule has 19 heavy (non-hydrogen) atoms. The van der Waals surface area contributed by atoms with Gasteiger partial charge >= 0.3 is 6.18 Å². The molecule has 0 spiro atoms. The molecule has 1 rings (SSSR count). The van der Waals surface area contributed by atoms with Crippen molar-refractivity contribution in [2.75, 3.05) is 13.1 Å². The van der Waals surface area contributed by atoms with E-state index in [1.54, 1.807) is 0 Å². The van der Waals surface area contributed by atoms with Crippen LogP contribution in [0.15, 0.2) is 4.99 Å². The molecule has 2 N–H and O–H groups in total. The first kappa shape index (κ1) is 18.8. The number of aliphatic imine (C=N–C) groups is 1. The van der Waals surface area contributed by atoms with Crippen molar-refractivity contribution in [2.45, 2.75) is 51.7 Å². The van der Waals surface area contributed by atoms with E-state index >= 15 is 0 Å². The van der Waals surface area contributed by atoms with Crippen LogP contribution < -0.4 is 10.6 Å². The lowest BCUT2D eigenvalue weighted by Gasteiger charge is -2.11. The minimum absolute atomic E-state index is 0. The molecular formula is C12H23F3IN3. The van der Waals surface area contributed by atoms with Crippen LogP contribution in [-0.4, -0.2) is 31.3 Å². The maximum absolute atomic E-state index is 12.0. The summed E-state index contributed by atoms with van der Waals surface area (Å²) < 4.78 is 36.1. The van der Waals surface area contributed by atoms with E-state index in [4.69, 9.17) is 0 Å². The Kier molecular flexibility index (Phi) is 8.76. The molecule has 1 saturated carbocycles. The highest BCUT2D eigenvalue weighted by Crippen LogP contribution is 2.34. The number of hydrogen-bond donors (Lipinski definition) is 2. The molecule has 0 aromatic rings. The minimum atomic E-state index is -4.13. The van der Waals surface area contributed by atoms with Crippen LogP contribution in [0.1, 0.15) is 39.5 Å². The van der Waals surface area contributed by atoms with Gasteiger partial charge in [0.2, 0.25) is 0 Å². The Morgan fingerprint density at radius 3 is 2.53 bits per heavy atom. The normalized spacial score (nSPS) is 22.7. The van der Waals surface area contributed by atoms with Gasteiger partial charge in [-0.25, -0.2) is 0 Å². The van der Waals surface area contributed by atoms with Crippen molar-refractivity contribution in [3.8, 4) is 0 Å². The zero-order chi connectivity index (χ0) is 13.6. The van der Waals surface area contributed by atoms with Gasteiger partial charge < -0.3 is 10.6 Å². The second-order valence-corrected chi connectivity index (χ2v) is 4.66. The van der Waals surface area contributed by atoms with Crippen LogP contribution in [0.3, 0.4) is 0 Å². The van der Waals surface area contributed by atoms with Gasteiger partial charge in [-0.05, 0) is 25.7 Å². The van der Waals surface area contributed by atoms with Gasteiger partial charge in [-0.3, -0.25) is 4.99 Å². The molecule has 0 saturated heterocycles. The molecular weight excluding hydrogens is 370 g/mol. The third-order valence-electron chi connectivity index (χ3n) is 2.91. The fourth-order valence-corrected chi connectivity index (χ4v) is 1.90. The van der Waals surface area contributed by atoms with Gasteiger partial charge in [0.25, 0.3) is 0 Å². The molecule has 2 atom stereocenters. The van der Waals surface area contributed by atoms with Crippen molar-refractivity contribution >= 4 is 29.9 Å². The second kappa shape index (κ2) is 8.86. The summed E-state index contributed by atoms with van der Waals surface area (Å²) in [6, 6.07) is 0.383. The molecule has 0 aliphatic heterocycles. The molecule has 0 amide bonds. The third-order valence-corrected chi connectivity index (χ3v) is 2.91. The highest BCUT2D eigenvalue weighted by atomic mass is 127. The number of nitrogens with zero attached hydrogens (tertiary/aromatic N) is 1. The molecule has 1 fully saturated rings. The fourth-order valence-electron chi connectivity index (χ4n) is 1.90. The zero-order valence-corrected chi connectivity index (χ0v) is 13.7. The largest absolute Gasteiger partial charge is 0.390 e. The maximum Gasteiger partial charge on any atom is 0.390 e. The quantitative estimate of drug-likeness (QED) is 0.413. The Hall–Kier alpha value is -0.210. The predicted molar refractivity (Wildman–Crippen MR) is 82.0 cm³/mol. The summed E-state index contributed by atoms with van der Waals surface area (Å²) in [7, 11) is 0. The van der Waals surface area contributed by atoms with E-state index < -0.39 is 12.6 Å². The van der Waals surface area contributed by atoms with Crippen LogP contribution in [0.5, 0.6) is 0 Å². The van der Waals surface area contributed by atoms with Gasteiger partial charge in [0.05, 0.1) is 13.0 Å². The summed E-state index contributed by atoms with van der Waals surface area (Å²) >= 11 is 0. The molecule has 2 unspecified atom stereocenters. The molecule has 7 heteroatoms. The lowest BCUT2D eigenvalue weighted by atomic mass is 10.2. The first-order valence-corrected chi connectivity index (χ1v) is 6.57. The lowest BCUT2D eigenvalue weighted by Crippen LogP contribution is -2.39. The van der Waals surface area contributed by atoms with Crippen molar-refractivity contribution in [1.82, 2.24) is 10.6 Å². The number of alkyl halides is 3. The number of halogens is 4. The van der Waals surface area contributed by atoms with Gasteiger partial charge in [-0.1, -0.05) is 13.3 Å². The molecule has 1 aliphatic carbocycles. The molecule has 3 nitrogen and oxygen atoms in total. The van der Waals surface area contributed by atoms with Crippen molar-refractivity contribution in [1.29, 1.82) is 0 Å². The minimum Gasteiger partial charge on any atom is -0.357 e. The highest BCUT2D eigenvalue weighted by molar-refractivity contribution is 14.0. The molecule has 0 bridgehead atoms. The average molecular weight is 393 g/mol. The van der Waals surface area contributed by atoms with Crippen LogP contribution in [0.2, 0.25) is 0 Å². The second-order valence-electron chi connectivity index (χ2n) is 4.66. The fraction of sp³-hybridized carbons (Fsp3) is 0.917. The Morgan fingerprint density at radius 2 is 2.00 bits per heavy atom. The van der Waals surface area contributed by atoms with Gasteiger partial charge in [0.1, 0.15) is 0 Å². The van der Waals surface area contributed by atoms with Gasteiger partial charge in [-0.2, -0.15) is 13.2 Å². The van der Waals surface area contributed by atoms with E-state index in [2.05, 4.69) is 22.5 Å². The first-order chi connectivity index (χ1) is 8.46. The summed E-state index contributed by atoms with van der Waals surface area (Å²) in [5.74, 6) is 1.16. The van der Waals surface area contributed by atoms with E-state index in [1.165, 1.54) is 6.42 Å². The topological polar surface area (TPSA) is 36.4 Å². The summed E-state index contributed by atoms with van der Waals surface area (Å²) in [5, 5.41) is 6.16. The smallest absolute Gasteiger partial charge is 0.357 e. The molecule has 0 aromatic heterocycles. The standard InChI is InChI=1S/C12H22F3N3.HI/c1-3-5-9-8-10(9)18-11(16-4-2)17-7-6-12(13,14)15;/h9-10H,3-8H2,1-2H3,(H2,16,17,18);1H. The third kappa shape index (κ3) is 8.54. The van der Waals surface area contributed by atoms with Gasteiger partial charge in [0, 0.05) is 12.6 Å². The Balaban J connectivity index is 0.00000324. The maximum atomic E-state index is 12.0. The Labute approximate surface area is 129 Å². The van der Waals surface area contributed by atoms with Crippen LogP contribution in [0, 0.1) is 5.92 Å². The van der Waals surface area contributed by atoms with E-state index in [1.807, 2.05) is 6.92 Å².